The molecule has 3 heterocycles. The highest BCUT2D eigenvalue weighted by molar-refractivity contribution is 7.16. The Morgan fingerprint density at radius 1 is 1.06 bits per heavy atom. The van der Waals surface area contributed by atoms with Crippen LogP contribution in [0.15, 0.2) is 29.1 Å². The zero-order chi connectivity index (χ0) is 22.1. The van der Waals surface area contributed by atoms with Crippen LogP contribution in [0, 0.1) is 5.92 Å². The number of carbonyl (C=O) groups excluding carboxylic acids is 2. The molecule has 7 nitrogen and oxygen atoms in total. The van der Waals surface area contributed by atoms with Crippen molar-refractivity contribution in [3.8, 4) is 0 Å². The van der Waals surface area contributed by atoms with Crippen LogP contribution in [0.3, 0.4) is 0 Å². The number of piperidine rings is 1. The second kappa shape index (κ2) is 9.35. The summed E-state index contributed by atoms with van der Waals surface area (Å²) >= 11 is 1.30. The monoisotopic (exact) mass is 456 g/mol. The van der Waals surface area contributed by atoms with Crippen LogP contribution < -0.4 is 15.5 Å². The Kier molecular flexibility index (Phi) is 6.33. The maximum Gasteiger partial charge on any atom is 0.308 e. The second-order valence-electron chi connectivity index (χ2n) is 9.44. The fraction of sp³-hybridized carbons (Fsp3) is 0.625. The predicted octanol–water partition coefficient (Wildman–Crippen LogP) is 3.00. The van der Waals surface area contributed by atoms with Crippen molar-refractivity contribution in [3.05, 3.63) is 33.9 Å². The Labute approximate surface area is 192 Å². The normalized spacial score (nSPS) is 26.7. The summed E-state index contributed by atoms with van der Waals surface area (Å²) in [5, 5.41) is 6.70. The third kappa shape index (κ3) is 4.35. The van der Waals surface area contributed by atoms with Crippen molar-refractivity contribution in [2.24, 2.45) is 5.92 Å². The van der Waals surface area contributed by atoms with Gasteiger partial charge in [0.05, 0.1) is 22.3 Å². The van der Waals surface area contributed by atoms with Gasteiger partial charge in [0.1, 0.15) is 0 Å². The molecule has 0 bridgehead atoms. The van der Waals surface area contributed by atoms with Gasteiger partial charge in [-0.25, -0.2) is 0 Å². The van der Waals surface area contributed by atoms with Crippen LogP contribution >= 0.6 is 11.3 Å². The lowest BCUT2D eigenvalue weighted by Crippen LogP contribution is -2.62. The number of para-hydroxylation sites is 1. The molecule has 1 aromatic carbocycles. The Hall–Kier alpha value is -2.19. The molecule has 8 heteroatoms. The minimum atomic E-state index is -0.0147. The number of thiazole rings is 1. The SMILES string of the molecule is O=C1NC(CCCC(=O)N2CCC(n3c(=O)sc4ccccc43)CC2)NC2CCCCC12. The lowest BCUT2D eigenvalue weighted by atomic mass is 9.82. The number of rotatable bonds is 5. The van der Waals surface area contributed by atoms with Gasteiger partial charge in [-0.15, -0.1) is 0 Å². The fourth-order valence-electron chi connectivity index (χ4n) is 5.70. The molecule has 3 unspecified atom stereocenters. The molecule has 2 amide bonds. The molecule has 2 aliphatic heterocycles. The molecule has 0 radical (unpaired) electrons. The zero-order valence-corrected chi connectivity index (χ0v) is 19.2. The molecule has 2 N–H and O–H groups in total. The summed E-state index contributed by atoms with van der Waals surface area (Å²) in [4.78, 5) is 39.7. The number of amides is 2. The van der Waals surface area contributed by atoms with Crippen molar-refractivity contribution in [3.63, 3.8) is 0 Å². The van der Waals surface area contributed by atoms with Gasteiger partial charge in [0.2, 0.25) is 11.8 Å². The number of hydrogen-bond acceptors (Lipinski definition) is 5. The first kappa shape index (κ1) is 21.6. The van der Waals surface area contributed by atoms with Crippen LogP contribution in [0.4, 0.5) is 0 Å². The van der Waals surface area contributed by atoms with E-state index < -0.39 is 0 Å². The van der Waals surface area contributed by atoms with Gasteiger partial charge >= 0.3 is 4.87 Å². The fourth-order valence-corrected chi connectivity index (χ4v) is 6.65. The van der Waals surface area contributed by atoms with E-state index in [0.717, 1.165) is 55.2 Å². The number of nitrogens with zero attached hydrogens (tertiary/aromatic N) is 2. The summed E-state index contributed by atoms with van der Waals surface area (Å²) in [7, 11) is 0. The number of hydrogen-bond donors (Lipinski definition) is 2. The van der Waals surface area contributed by atoms with Crippen LogP contribution in [0.5, 0.6) is 0 Å². The van der Waals surface area contributed by atoms with Crippen molar-refractivity contribution in [1.82, 2.24) is 20.1 Å². The Morgan fingerprint density at radius 2 is 1.84 bits per heavy atom. The van der Waals surface area contributed by atoms with Crippen LogP contribution in [-0.2, 0) is 9.59 Å². The first-order chi connectivity index (χ1) is 15.6. The van der Waals surface area contributed by atoms with Crippen LogP contribution in [0.1, 0.15) is 63.8 Å². The van der Waals surface area contributed by atoms with E-state index in [0.29, 0.717) is 25.6 Å². The van der Waals surface area contributed by atoms with E-state index in [-0.39, 0.29) is 34.8 Å². The molecule has 3 aliphatic rings. The first-order valence-corrected chi connectivity index (χ1v) is 12.9. The standard InChI is InChI=1S/C24H32N4O3S/c29-22(11-5-10-21-25-18-7-2-1-6-17(18)23(30)26-21)27-14-12-16(13-15-27)28-19-8-3-4-9-20(19)32-24(28)31/h3-4,8-9,16-18,21,25H,1-2,5-7,10-15H2,(H,26,30). The van der Waals surface area contributed by atoms with Crippen molar-refractivity contribution < 1.29 is 9.59 Å². The van der Waals surface area contributed by atoms with Gasteiger partial charge in [-0.05, 0) is 50.7 Å². The van der Waals surface area contributed by atoms with Crippen molar-refractivity contribution in [2.45, 2.75) is 76.0 Å². The summed E-state index contributed by atoms with van der Waals surface area (Å²) in [6.45, 7) is 1.39. The third-order valence-electron chi connectivity index (χ3n) is 7.42. The molecule has 32 heavy (non-hydrogen) atoms. The average molecular weight is 457 g/mol. The predicted molar refractivity (Wildman–Crippen MR) is 126 cm³/mol. The van der Waals surface area contributed by atoms with Gasteiger partial charge in [0, 0.05) is 31.6 Å². The minimum absolute atomic E-state index is 0.0147. The van der Waals surface area contributed by atoms with Gasteiger partial charge in [-0.1, -0.05) is 36.3 Å². The smallest absolute Gasteiger partial charge is 0.308 e. The van der Waals surface area contributed by atoms with Crippen LogP contribution in [0.25, 0.3) is 10.2 Å². The lowest BCUT2D eigenvalue weighted by Gasteiger charge is -2.40. The van der Waals surface area contributed by atoms with E-state index in [1.807, 2.05) is 33.7 Å². The summed E-state index contributed by atoms with van der Waals surface area (Å²) < 4.78 is 2.96. The molecular weight excluding hydrogens is 424 g/mol. The largest absolute Gasteiger partial charge is 0.343 e. The van der Waals surface area contributed by atoms with E-state index in [4.69, 9.17) is 0 Å². The van der Waals surface area contributed by atoms with Crippen molar-refractivity contribution in [2.75, 3.05) is 13.1 Å². The molecule has 5 rings (SSSR count). The first-order valence-electron chi connectivity index (χ1n) is 12.0. The number of aromatic nitrogens is 1. The Bertz CT molecular complexity index is 1040. The average Bonchev–Trinajstić information content (AvgIpc) is 3.15. The molecule has 3 atom stereocenters. The molecule has 1 aliphatic carbocycles. The number of benzene rings is 1. The third-order valence-corrected chi connectivity index (χ3v) is 8.36. The van der Waals surface area contributed by atoms with Gasteiger partial charge in [0.15, 0.2) is 0 Å². The Balaban J connectivity index is 1.09. The van der Waals surface area contributed by atoms with E-state index in [1.165, 1.54) is 17.8 Å². The summed E-state index contributed by atoms with van der Waals surface area (Å²) in [5.74, 6) is 0.488. The lowest BCUT2D eigenvalue weighted by molar-refractivity contribution is -0.132. The van der Waals surface area contributed by atoms with Crippen LogP contribution in [0.2, 0.25) is 0 Å². The summed E-state index contributed by atoms with van der Waals surface area (Å²) in [6, 6.07) is 8.40. The maximum atomic E-state index is 12.8. The molecule has 0 spiro atoms. The quantitative estimate of drug-likeness (QED) is 0.725. The number of nitrogens with one attached hydrogen (secondary N) is 2. The highest BCUT2D eigenvalue weighted by atomic mass is 32.1. The molecule has 1 aromatic heterocycles. The van der Waals surface area contributed by atoms with Gasteiger partial charge in [-0.2, -0.15) is 0 Å². The number of carbonyl (C=O) groups is 2. The molecule has 1 saturated carbocycles. The van der Waals surface area contributed by atoms with Gasteiger partial charge in [0.25, 0.3) is 0 Å². The van der Waals surface area contributed by atoms with E-state index in [2.05, 4.69) is 10.6 Å². The highest BCUT2D eigenvalue weighted by Crippen LogP contribution is 2.29. The molecular formula is C24H32N4O3S. The maximum absolute atomic E-state index is 12.8. The van der Waals surface area contributed by atoms with Crippen molar-refractivity contribution >= 4 is 33.4 Å². The van der Waals surface area contributed by atoms with E-state index in [9.17, 15) is 14.4 Å². The van der Waals surface area contributed by atoms with Gasteiger partial charge < -0.3 is 10.2 Å². The molecule has 172 valence electrons. The molecule has 2 aromatic rings. The van der Waals surface area contributed by atoms with Crippen LogP contribution in [-0.4, -0.2) is 46.6 Å². The number of likely N-dealkylation sites (tertiary alicyclic amines) is 1. The topological polar surface area (TPSA) is 83.4 Å². The molecule has 2 saturated heterocycles. The molecule has 3 fully saturated rings. The minimum Gasteiger partial charge on any atom is -0.343 e. The van der Waals surface area contributed by atoms with Crippen molar-refractivity contribution in [1.29, 1.82) is 0 Å². The highest BCUT2D eigenvalue weighted by Gasteiger charge is 2.37. The van der Waals surface area contributed by atoms with Gasteiger partial charge in [-0.3, -0.25) is 24.3 Å². The number of fused-ring (bicyclic) bond motifs is 2. The van der Waals surface area contributed by atoms with E-state index in [1.54, 1.807) is 0 Å². The second-order valence-corrected chi connectivity index (χ2v) is 10.4. The van der Waals surface area contributed by atoms with E-state index >= 15 is 0 Å². The summed E-state index contributed by atoms with van der Waals surface area (Å²) in [6.07, 6.45) is 8.07. The Morgan fingerprint density at radius 3 is 2.69 bits per heavy atom. The summed E-state index contributed by atoms with van der Waals surface area (Å²) in [5.41, 5.74) is 1.01. The zero-order valence-electron chi connectivity index (χ0n) is 18.4.